The zero-order valence-electron chi connectivity index (χ0n) is 16.0. The highest BCUT2D eigenvalue weighted by molar-refractivity contribution is 7.89. The van der Waals surface area contributed by atoms with E-state index in [0.29, 0.717) is 25.3 Å². The average molecular weight is 442 g/mol. The van der Waals surface area contributed by atoms with Crippen LogP contribution >= 0.6 is 0 Å². The molecule has 0 saturated carbocycles. The summed E-state index contributed by atoms with van der Waals surface area (Å²) in [7, 11) is -3.99. The largest absolute Gasteiger partial charge is 0.390 e. The number of aromatic amines is 1. The molecular formula is C18H21F3N6O2S. The summed E-state index contributed by atoms with van der Waals surface area (Å²) in [5.41, 5.74) is 2.41. The first-order valence-electron chi connectivity index (χ1n) is 9.87. The van der Waals surface area contributed by atoms with Crippen molar-refractivity contribution < 1.29 is 21.6 Å². The normalized spacial score (nSPS) is 23.5. The second-order valence-corrected chi connectivity index (χ2v) is 9.88. The Labute approximate surface area is 170 Å². The molecule has 0 aromatic carbocycles. The minimum absolute atomic E-state index is 0.118. The maximum absolute atomic E-state index is 12.7. The van der Waals surface area contributed by atoms with Crippen LogP contribution < -0.4 is 4.90 Å². The second kappa shape index (κ2) is 6.84. The lowest BCUT2D eigenvalue weighted by atomic mass is 9.99. The fraction of sp³-hybridized carbons (Fsp3) is 0.556. The molecule has 12 heteroatoms. The molecule has 0 aliphatic carbocycles. The number of alkyl halides is 3. The van der Waals surface area contributed by atoms with E-state index < -0.39 is 28.4 Å². The zero-order valence-corrected chi connectivity index (χ0v) is 16.8. The number of nitrogens with zero attached hydrogens (tertiary/aromatic N) is 5. The van der Waals surface area contributed by atoms with E-state index in [2.05, 4.69) is 19.9 Å². The molecule has 2 fully saturated rings. The summed E-state index contributed by atoms with van der Waals surface area (Å²) in [5.74, 6) is -0.194. The first kappa shape index (κ1) is 19.6. The molecule has 3 aromatic heterocycles. The van der Waals surface area contributed by atoms with Crippen molar-refractivity contribution in [2.45, 2.75) is 43.9 Å². The lowest BCUT2D eigenvalue weighted by molar-refractivity contribution is -0.130. The fourth-order valence-electron chi connectivity index (χ4n) is 4.76. The molecule has 30 heavy (non-hydrogen) atoms. The number of aromatic nitrogens is 4. The smallest absolute Gasteiger partial charge is 0.345 e. The Morgan fingerprint density at radius 3 is 2.73 bits per heavy atom. The molecule has 2 saturated heterocycles. The minimum atomic E-state index is -4.49. The summed E-state index contributed by atoms with van der Waals surface area (Å²) in [5, 5.41) is 0. The molecule has 2 atom stereocenters. The molecular weight excluding hydrogens is 421 g/mol. The van der Waals surface area contributed by atoms with Crippen LogP contribution in [0.4, 0.5) is 19.1 Å². The van der Waals surface area contributed by atoms with E-state index in [-0.39, 0.29) is 18.6 Å². The van der Waals surface area contributed by atoms with E-state index in [0.717, 1.165) is 23.1 Å². The van der Waals surface area contributed by atoms with Crippen molar-refractivity contribution in [2.24, 2.45) is 0 Å². The SMILES string of the molecule is O=S(=O)(CCC(F)(F)F)N1CCC[C@@H]2[C@@H]1CCN2c1ncc2cnc3[nH]ccc3n12. The van der Waals surface area contributed by atoms with Gasteiger partial charge in [0.25, 0.3) is 0 Å². The fourth-order valence-corrected chi connectivity index (χ4v) is 6.55. The Hall–Kier alpha value is -2.34. The lowest BCUT2D eigenvalue weighted by Crippen LogP contribution is -2.52. The van der Waals surface area contributed by atoms with E-state index in [1.165, 1.54) is 4.31 Å². The van der Waals surface area contributed by atoms with Crippen LogP contribution in [-0.4, -0.2) is 69.2 Å². The van der Waals surface area contributed by atoms with Gasteiger partial charge in [-0.2, -0.15) is 17.5 Å². The van der Waals surface area contributed by atoms with Gasteiger partial charge in [-0.15, -0.1) is 0 Å². The predicted octanol–water partition coefficient (Wildman–Crippen LogP) is 2.54. The van der Waals surface area contributed by atoms with Crippen LogP contribution in [0.25, 0.3) is 16.7 Å². The van der Waals surface area contributed by atoms with Crippen LogP contribution in [0.5, 0.6) is 0 Å². The third-order valence-corrected chi connectivity index (χ3v) is 7.95. The summed E-state index contributed by atoms with van der Waals surface area (Å²) in [6.07, 6.45) is 1.36. The molecule has 0 radical (unpaired) electrons. The quantitative estimate of drug-likeness (QED) is 0.671. The van der Waals surface area contributed by atoms with Gasteiger partial charge in [0.1, 0.15) is 0 Å². The van der Waals surface area contributed by atoms with Crippen molar-refractivity contribution in [3.05, 3.63) is 24.7 Å². The van der Waals surface area contributed by atoms with Gasteiger partial charge in [-0.25, -0.2) is 18.4 Å². The Bertz CT molecular complexity index is 1190. The van der Waals surface area contributed by atoms with Crippen LogP contribution in [0.1, 0.15) is 25.7 Å². The Morgan fingerprint density at radius 1 is 1.13 bits per heavy atom. The number of H-pyrrole nitrogens is 1. The number of imidazole rings is 1. The van der Waals surface area contributed by atoms with Crippen LogP contribution in [0.3, 0.4) is 0 Å². The molecule has 0 spiro atoms. The number of nitrogens with one attached hydrogen (secondary N) is 1. The van der Waals surface area contributed by atoms with Crippen molar-refractivity contribution in [3.63, 3.8) is 0 Å². The number of fused-ring (bicyclic) bond motifs is 4. The molecule has 2 aliphatic rings. The van der Waals surface area contributed by atoms with Gasteiger partial charge in [0, 0.05) is 31.4 Å². The number of halogens is 3. The number of hydrogen-bond acceptors (Lipinski definition) is 5. The van der Waals surface area contributed by atoms with Crippen LogP contribution in [-0.2, 0) is 10.0 Å². The van der Waals surface area contributed by atoms with Crippen molar-refractivity contribution in [3.8, 4) is 0 Å². The van der Waals surface area contributed by atoms with Gasteiger partial charge in [0.05, 0.1) is 35.6 Å². The summed E-state index contributed by atoms with van der Waals surface area (Å²) in [6.45, 7) is 0.859. The van der Waals surface area contributed by atoms with Gasteiger partial charge in [-0.3, -0.25) is 4.40 Å². The molecule has 5 rings (SSSR count). The molecule has 8 nitrogen and oxygen atoms in total. The Balaban J connectivity index is 1.46. The van der Waals surface area contributed by atoms with Crippen LogP contribution in [0.2, 0.25) is 0 Å². The van der Waals surface area contributed by atoms with Gasteiger partial charge in [0.15, 0.2) is 5.65 Å². The van der Waals surface area contributed by atoms with E-state index in [1.807, 2.05) is 10.5 Å². The Morgan fingerprint density at radius 2 is 1.93 bits per heavy atom. The van der Waals surface area contributed by atoms with Crippen molar-refractivity contribution >= 4 is 32.7 Å². The van der Waals surface area contributed by atoms with E-state index in [1.54, 1.807) is 18.6 Å². The summed E-state index contributed by atoms with van der Waals surface area (Å²) in [6, 6.07) is 1.45. The lowest BCUT2D eigenvalue weighted by Gasteiger charge is -2.39. The van der Waals surface area contributed by atoms with Crippen molar-refractivity contribution in [2.75, 3.05) is 23.7 Å². The number of rotatable bonds is 4. The average Bonchev–Trinajstić information content (AvgIpc) is 3.41. The van der Waals surface area contributed by atoms with Gasteiger partial charge in [0.2, 0.25) is 16.0 Å². The molecule has 1 N–H and O–H groups in total. The Kier molecular flexibility index (Phi) is 4.47. The third-order valence-electron chi connectivity index (χ3n) is 6.06. The van der Waals surface area contributed by atoms with E-state index in [9.17, 15) is 21.6 Å². The predicted molar refractivity (Wildman–Crippen MR) is 105 cm³/mol. The maximum atomic E-state index is 12.7. The molecule has 0 unspecified atom stereocenters. The van der Waals surface area contributed by atoms with Gasteiger partial charge < -0.3 is 9.88 Å². The monoisotopic (exact) mass is 442 g/mol. The molecule has 2 aliphatic heterocycles. The topological polar surface area (TPSA) is 86.6 Å². The standard InChI is InChI=1S/C18H21F3N6O2S/c19-18(20,21)5-9-30(28,29)26-7-1-2-13-14(26)4-8-25(13)17-24-11-12-10-23-16-15(27(12)17)3-6-22-16/h3,6,10-11,13-14,22H,1-2,4-5,7-9H2/t13-,14+/m1/s1. The number of hydrogen-bond donors (Lipinski definition) is 1. The van der Waals surface area contributed by atoms with Crippen molar-refractivity contribution in [1.29, 1.82) is 0 Å². The number of anilines is 1. The highest BCUT2D eigenvalue weighted by Crippen LogP contribution is 2.36. The van der Waals surface area contributed by atoms with Crippen molar-refractivity contribution in [1.82, 2.24) is 23.7 Å². The van der Waals surface area contributed by atoms with Gasteiger partial charge >= 0.3 is 6.18 Å². The van der Waals surface area contributed by atoms with Gasteiger partial charge in [-0.1, -0.05) is 0 Å². The van der Waals surface area contributed by atoms with Crippen LogP contribution in [0.15, 0.2) is 24.7 Å². The molecule has 0 amide bonds. The highest BCUT2D eigenvalue weighted by atomic mass is 32.2. The highest BCUT2D eigenvalue weighted by Gasteiger charge is 2.46. The number of piperidine rings is 1. The summed E-state index contributed by atoms with van der Waals surface area (Å²) >= 11 is 0. The zero-order chi connectivity index (χ0) is 21.1. The molecule has 5 heterocycles. The maximum Gasteiger partial charge on any atom is 0.390 e. The summed E-state index contributed by atoms with van der Waals surface area (Å²) in [4.78, 5) is 14.1. The van der Waals surface area contributed by atoms with Crippen LogP contribution in [0, 0.1) is 0 Å². The first-order chi connectivity index (χ1) is 14.2. The van der Waals surface area contributed by atoms with E-state index >= 15 is 0 Å². The first-order valence-corrected chi connectivity index (χ1v) is 11.5. The summed E-state index contributed by atoms with van der Waals surface area (Å²) < 4.78 is 66.5. The number of sulfonamides is 1. The molecule has 0 bridgehead atoms. The van der Waals surface area contributed by atoms with E-state index in [4.69, 9.17) is 0 Å². The molecule has 3 aromatic rings. The third kappa shape index (κ3) is 3.22. The second-order valence-electron chi connectivity index (χ2n) is 7.84. The minimum Gasteiger partial charge on any atom is -0.345 e. The van der Waals surface area contributed by atoms with Gasteiger partial charge in [-0.05, 0) is 25.3 Å². The molecule has 162 valence electrons.